The maximum atomic E-state index is 12.7. The fourth-order valence-corrected chi connectivity index (χ4v) is 2.68. The monoisotopic (exact) mass is 345 g/mol. The van der Waals surface area contributed by atoms with Crippen molar-refractivity contribution < 1.29 is 4.79 Å². The third-order valence-electron chi connectivity index (χ3n) is 3.72. The van der Waals surface area contributed by atoms with E-state index in [1.807, 2.05) is 36.1 Å². The van der Waals surface area contributed by atoms with Gasteiger partial charge in [-0.15, -0.1) is 0 Å². The number of hydrogen-bond acceptors (Lipinski definition) is 3. The summed E-state index contributed by atoms with van der Waals surface area (Å²) in [6.07, 6.45) is 5.21. The highest BCUT2D eigenvalue weighted by Gasteiger charge is 2.15. The van der Waals surface area contributed by atoms with Crippen LogP contribution < -0.4 is 5.32 Å². The molecule has 1 aromatic carbocycles. The number of anilines is 2. The lowest BCUT2D eigenvalue weighted by molar-refractivity contribution is 0.0755. The lowest BCUT2D eigenvalue weighted by Crippen LogP contribution is -2.32. The molecule has 0 unspecified atom stereocenters. The minimum absolute atomic E-state index is 0.0248. The average molecular weight is 346 g/mol. The van der Waals surface area contributed by atoms with E-state index < -0.39 is 0 Å². The first kappa shape index (κ1) is 18.3. The van der Waals surface area contributed by atoms with Gasteiger partial charge in [-0.05, 0) is 43.5 Å². The maximum Gasteiger partial charge on any atom is 0.255 e. The summed E-state index contributed by atoms with van der Waals surface area (Å²) in [5.41, 5.74) is 3.27. The second kappa shape index (κ2) is 8.69. The molecule has 0 spiro atoms. The summed E-state index contributed by atoms with van der Waals surface area (Å²) in [5, 5.41) is 3.96. The smallest absolute Gasteiger partial charge is 0.255 e. The van der Waals surface area contributed by atoms with Crippen molar-refractivity contribution in [1.82, 2.24) is 9.88 Å². The largest absolute Gasteiger partial charge is 0.354 e. The Morgan fingerprint density at radius 3 is 2.46 bits per heavy atom. The molecule has 0 aliphatic carbocycles. The summed E-state index contributed by atoms with van der Waals surface area (Å²) in [7, 11) is 0. The Kier molecular flexibility index (Phi) is 6.62. The number of amides is 1. The lowest BCUT2D eigenvalue weighted by atomic mass is 10.2. The highest BCUT2D eigenvalue weighted by atomic mass is 35.5. The zero-order valence-electron chi connectivity index (χ0n) is 14.5. The minimum atomic E-state index is 0.0248. The van der Waals surface area contributed by atoms with E-state index in [1.54, 1.807) is 12.4 Å². The Morgan fingerprint density at radius 2 is 1.83 bits per heavy atom. The average Bonchev–Trinajstić information content (AvgIpc) is 2.58. The van der Waals surface area contributed by atoms with Crippen LogP contribution in [0.4, 0.5) is 11.4 Å². The molecule has 1 heterocycles. The molecule has 0 saturated heterocycles. The number of pyridine rings is 1. The van der Waals surface area contributed by atoms with Gasteiger partial charge < -0.3 is 10.2 Å². The Balaban J connectivity index is 2.18. The molecule has 1 amide bonds. The topological polar surface area (TPSA) is 45.2 Å². The molecule has 0 fully saturated rings. The molecule has 0 aliphatic rings. The number of aromatic nitrogens is 1. The van der Waals surface area contributed by atoms with Crippen molar-refractivity contribution in [3.05, 3.63) is 52.8 Å². The van der Waals surface area contributed by atoms with Crippen LogP contribution in [0.15, 0.2) is 36.7 Å². The van der Waals surface area contributed by atoms with Crippen molar-refractivity contribution in [1.29, 1.82) is 0 Å². The van der Waals surface area contributed by atoms with Gasteiger partial charge in [0.1, 0.15) is 0 Å². The molecule has 0 radical (unpaired) electrons. The van der Waals surface area contributed by atoms with E-state index in [0.717, 1.165) is 42.9 Å². The van der Waals surface area contributed by atoms with Crippen LogP contribution >= 0.6 is 11.6 Å². The van der Waals surface area contributed by atoms with Crippen LogP contribution in [0.3, 0.4) is 0 Å². The van der Waals surface area contributed by atoms with Crippen molar-refractivity contribution >= 4 is 28.9 Å². The number of nitrogens with zero attached hydrogens (tertiary/aromatic N) is 2. The Hall–Kier alpha value is -2.07. The predicted molar refractivity (Wildman–Crippen MR) is 100 cm³/mol. The van der Waals surface area contributed by atoms with Crippen LogP contribution in [0.2, 0.25) is 5.02 Å². The number of carbonyl (C=O) groups is 1. The molecule has 0 bridgehead atoms. The number of hydrogen-bond donors (Lipinski definition) is 1. The first-order valence-corrected chi connectivity index (χ1v) is 8.70. The summed E-state index contributed by atoms with van der Waals surface area (Å²) < 4.78 is 0. The van der Waals surface area contributed by atoms with Gasteiger partial charge in [0.25, 0.3) is 5.91 Å². The summed E-state index contributed by atoms with van der Waals surface area (Å²) in [4.78, 5) is 18.7. The van der Waals surface area contributed by atoms with Gasteiger partial charge in [-0.1, -0.05) is 31.5 Å². The van der Waals surface area contributed by atoms with Crippen molar-refractivity contribution in [2.45, 2.75) is 33.6 Å². The first-order chi connectivity index (χ1) is 11.5. The Bertz CT molecular complexity index is 697. The molecule has 1 aromatic heterocycles. The summed E-state index contributed by atoms with van der Waals surface area (Å²) in [6.45, 7) is 7.64. The first-order valence-electron chi connectivity index (χ1n) is 8.32. The molecule has 0 saturated carbocycles. The third kappa shape index (κ3) is 4.71. The molecule has 2 rings (SSSR count). The van der Waals surface area contributed by atoms with E-state index in [0.29, 0.717) is 10.6 Å². The predicted octanol–water partition coefficient (Wildman–Crippen LogP) is 5.05. The van der Waals surface area contributed by atoms with E-state index in [4.69, 9.17) is 11.6 Å². The number of halogens is 1. The van der Waals surface area contributed by atoms with Crippen LogP contribution in [-0.2, 0) is 0 Å². The van der Waals surface area contributed by atoms with Crippen LogP contribution in [-0.4, -0.2) is 28.9 Å². The summed E-state index contributed by atoms with van der Waals surface area (Å²) in [5.74, 6) is 0.0248. The van der Waals surface area contributed by atoms with Gasteiger partial charge in [0.05, 0.1) is 17.4 Å². The van der Waals surface area contributed by atoms with Gasteiger partial charge in [-0.25, -0.2) is 0 Å². The molecule has 128 valence electrons. The molecule has 5 heteroatoms. The quantitative estimate of drug-likeness (QED) is 0.763. The molecular weight excluding hydrogens is 322 g/mol. The molecule has 1 N–H and O–H groups in total. The third-order valence-corrected chi connectivity index (χ3v) is 4.13. The van der Waals surface area contributed by atoms with E-state index in [9.17, 15) is 4.79 Å². The number of nitrogens with one attached hydrogen (secondary N) is 1. The molecular formula is C19H24ClN3O. The molecule has 4 nitrogen and oxygen atoms in total. The molecule has 0 aliphatic heterocycles. The van der Waals surface area contributed by atoms with E-state index in [2.05, 4.69) is 24.1 Å². The number of rotatable bonds is 7. The van der Waals surface area contributed by atoms with E-state index >= 15 is 0 Å². The SMILES string of the molecule is CCCN(CCC)C(=O)c1cncc(Nc2ccc(C)c(Cl)c2)c1. The van der Waals surface area contributed by atoms with Crippen molar-refractivity contribution in [3.8, 4) is 0 Å². The second-order valence-corrected chi connectivity index (χ2v) is 6.25. The van der Waals surface area contributed by atoms with Gasteiger partial charge in [-0.3, -0.25) is 9.78 Å². The minimum Gasteiger partial charge on any atom is -0.354 e. The maximum absolute atomic E-state index is 12.7. The highest BCUT2D eigenvalue weighted by molar-refractivity contribution is 6.31. The fraction of sp³-hybridized carbons (Fsp3) is 0.368. The summed E-state index contributed by atoms with van der Waals surface area (Å²) in [6, 6.07) is 7.61. The molecule has 2 aromatic rings. The number of carbonyl (C=O) groups excluding carboxylic acids is 1. The van der Waals surface area contributed by atoms with Crippen LogP contribution in [0.5, 0.6) is 0 Å². The van der Waals surface area contributed by atoms with E-state index in [1.165, 1.54) is 0 Å². The van der Waals surface area contributed by atoms with Crippen LogP contribution in [0, 0.1) is 6.92 Å². The molecule has 24 heavy (non-hydrogen) atoms. The number of benzene rings is 1. The van der Waals surface area contributed by atoms with Gasteiger partial charge in [0.2, 0.25) is 0 Å². The lowest BCUT2D eigenvalue weighted by Gasteiger charge is -2.21. The van der Waals surface area contributed by atoms with Crippen molar-refractivity contribution in [2.75, 3.05) is 18.4 Å². The highest BCUT2D eigenvalue weighted by Crippen LogP contribution is 2.23. The Morgan fingerprint density at radius 1 is 1.12 bits per heavy atom. The second-order valence-electron chi connectivity index (χ2n) is 5.84. The van der Waals surface area contributed by atoms with Gasteiger partial charge >= 0.3 is 0 Å². The zero-order chi connectivity index (χ0) is 17.5. The molecule has 0 atom stereocenters. The van der Waals surface area contributed by atoms with Crippen LogP contribution in [0.1, 0.15) is 42.6 Å². The number of aryl methyl sites for hydroxylation is 1. The normalized spacial score (nSPS) is 10.5. The van der Waals surface area contributed by atoms with Crippen molar-refractivity contribution in [3.63, 3.8) is 0 Å². The zero-order valence-corrected chi connectivity index (χ0v) is 15.2. The fourth-order valence-electron chi connectivity index (χ4n) is 2.50. The van der Waals surface area contributed by atoms with Gasteiger partial charge in [0.15, 0.2) is 0 Å². The van der Waals surface area contributed by atoms with Gasteiger partial charge in [-0.2, -0.15) is 0 Å². The van der Waals surface area contributed by atoms with Gasteiger partial charge in [0, 0.05) is 30.0 Å². The summed E-state index contributed by atoms with van der Waals surface area (Å²) >= 11 is 6.16. The van der Waals surface area contributed by atoms with Crippen LogP contribution in [0.25, 0.3) is 0 Å². The Labute approximate surface area is 148 Å². The van der Waals surface area contributed by atoms with E-state index in [-0.39, 0.29) is 5.91 Å². The standard InChI is InChI=1S/C19H24ClN3O/c1-4-8-23(9-5-2)19(24)15-10-17(13-21-12-15)22-16-7-6-14(3)18(20)11-16/h6-7,10-13,22H,4-5,8-9H2,1-3H3. The van der Waals surface area contributed by atoms with Crippen molar-refractivity contribution in [2.24, 2.45) is 0 Å².